The fourth-order valence-corrected chi connectivity index (χ4v) is 3.96. The van der Waals surface area contributed by atoms with Gasteiger partial charge >= 0.3 is 0 Å². The zero-order valence-electron chi connectivity index (χ0n) is 11.5. The molecule has 1 aliphatic rings. The number of rotatable bonds is 4. The molecule has 20 heavy (non-hydrogen) atoms. The van der Waals surface area contributed by atoms with Crippen LogP contribution in [0, 0.1) is 5.82 Å². The van der Waals surface area contributed by atoms with Crippen LogP contribution in [-0.4, -0.2) is 16.4 Å². The number of anilines is 1. The van der Waals surface area contributed by atoms with E-state index in [1.54, 1.807) is 11.8 Å². The summed E-state index contributed by atoms with van der Waals surface area (Å²) in [5.74, 6) is -0.480. The van der Waals surface area contributed by atoms with Crippen molar-refractivity contribution in [1.82, 2.24) is 0 Å². The maximum Gasteiger partial charge on any atom is 0.237 e. The molecule has 0 aromatic heterocycles. The summed E-state index contributed by atoms with van der Waals surface area (Å²) in [6, 6.07) is 3.99. The SMILES string of the molecule is C[C@@H](SC1CCCCC1)C(=O)Nc1ccc(F)cc1Cl. The molecule has 0 bridgehead atoms. The largest absolute Gasteiger partial charge is 0.324 e. The summed E-state index contributed by atoms with van der Waals surface area (Å²) in [4.78, 5) is 12.1. The summed E-state index contributed by atoms with van der Waals surface area (Å²) in [6.45, 7) is 1.91. The Morgan fingerprint density at radius 1 is 1.40 bits per heavy atom. The first-order valence-corrected chi connectivity index (χ1v) is 8.29. The first-order valence-electron chi connectivity index (χ1n) is 6.97. The molecular formula is C15H19ClFNOS. The van der Waals surface area contributed by atoms with E-state index in [0.29, 0.717) is 10.9 Å². The van der Waals surface area contributed by atoms with Crippen molar-refractivity contribution < 1.29 is 9.18 Å². The molecule has 1 aliphatic carbocycles. The second-order valence-electron chi connectivity index (χ2n) is 5.15. The highest BCUT2D eigenvalue weighted by molar-refractivity contribution is 8.01. The summed E-state index contributed by atoms with van der Waals surface area (Å²) in [5.41, 5.74) is 0.467. The molecule has 1 aromatic rings. The van der Waals surface area contributed by atoms with E-state index in [4.69, 9.17) is 11.6 Å². The summed E-state index contributed by atoms with van der Waals surface area (Å²) in [5, 5.41) is 3.45. The van der Waals surface area contributed by atoms with E-state index in [1.807, 2.05) is 6.92 Å². The van der Waals surface area contributed by atoms with Gasteiger partial charge in [0.1, 0.15) is 5.82 Å². The van der Waals surface area contributed by atoms with Crippen molar-refractivity contribution in [3.8, 4) is 0 Å². The van der Waals surface area contributed by atoms with Crippen LogP contribution in [0.5, 0.6) is 0 Å². The first kappa shape index (κ1) is 15.6. The van der Waals surface area contributed by atoms with E-state index in [2.05, 4.69) is 5.32 Å². The molecular weight excluding hydrogens is 297 g/mol. The van der Waals surface area contributed by atoms with Crippen molar-refractivity contribution in [2.75, 3.05) is 5.32 Å². The van der Waals surface area contributed by atoms with Gasteiger partial charge in [-0.05, 0) is 38.0 Å². The minimum absolute atomic E-state index is 0.0749. The quantitative estimate of drug-likeness (QED) is 0.858. The van der Waals surface area contributed by atoms with E-state index < -0.39 is 5.82 Å². The molecule has 1 fully saturated rings. The van der Waals surface area contributed by atoms with Crippen molar-refractivity contribution >= 4 is 35.0 Å². The van der Waals surface area contributed by atoms with Crippen molar-refractivity contribution in [3.05, 3.63) is 29.0 Å². The Labute approximate surface area is 128 Å². The molecule has 0 spiro atoms. The molecule has 0 unspecified atom stereocenters. The molecule has 1 N–H and O–H groups in total. The summed E-state index contributed by atoms with van der Waals surface area (Å²) in [7, 11) is 0. The third kappa shape index (κ3) is 4.38. The number of carbonyl (C=O) groups is 1. The van der Waals surface area contributed by atoms with E-state index in [9.17, 15) is 9.18 Å². The monoisotopic (exact) mass is 315 g/mol. The van der Waals surface area contributed by atoms with Gasteiger partial charge in [0.05, 0.1) is 16.0 Å². The molecule has 2 rings (SSSR count). The minimum atomic E-state index is -0.405. The van der Waals surface area contributed by atoms with Crippen LogP contribution < -0.4 is 5.32 Å². The third-order valence-electron chi connectivity index (χ3n) is 3.51. The maximum atomic E-state index is 13.0. The number of hydrogen-bond acceptors (Lipinski definition) is 2. The lowest BCUT2D eigenvalue weighted by molar-refractivity contribution is -0.115. The van der Waals surface area contributed by atoms with E-state index in [-0.39, 0.29) is 16.2 Å². The highest BCUT2D eigenvalue weighted by atomic mass is 35.5. The fourth-order valence-electron chi connectivity index (χ4n) is 2.38. The molecule has 1 aromatic carbocycles. The lowest BCUT2D eigenvalue weighted by Crippen LogP contribution is -2.25. The number of amides is 1. The predicted molar refractivity (Wildman–Crippen MR) is 84.0 cm³/mol. The topological polar surface area (TPSA) is 29.1 Å². The molecule has 2 nitrogen and oxygen atoms in total. The lowest BCUT2D eigenvalue weighted by Gasteiger charge is -2.24. The predicted octanol–water partition coefficient (Wildman–Crippen LogP) is 4.87. The second-order valence-corrected chi connectivity index (χ2v) is 7.20. The van der Waals surface area contributed by atoms with Crippen LogP contribution in [0.1, 0.15) is 39.0 Å². The molecule has 1 atom stereocenters. The van der Waals surface area contributed by atoms with Crippen LogP contribution >= 0.6 is 23.4 Å². The third-order valence-corrected chi connectivity index (χ3v) is 5.30. The second kappa shape index (κ2) is 7.32. The van der Waals surface area contributed by atoms with Gasteiger partial charge in [0.25, 0.3) is 0 Å². The highest BCUT2D eigenvalue weighted by Gasteiger charge is 2.21. The Hall–Kier alpha value is -0.740. The fraction of sp³-hybridized carbons (Fsp3) is 0.533. The molecule has 0 aliphatic heterocycles. The van der Waals surface area contributed by atoms with Gasteiger partial charge in [0.15, 0.2) is 0 Å². The van der Waals surface area contributed by atoms with Gasteiger partial charge in [-0.3, -0.25) is 4.79 Å². The van der Waals surface area contributed by atoms with E-state index >= 15 is 0 Å². The smallest absolute Gasteiger partial charge is 0.237 e. The highest BCUT2D eigenvalue weighted by Crippen LogP contribution is 2.32. The van der Waals surface area contributed by atoms with E-state index in [1.165, 1.54) is 50.3 Å². The van der Waals surface area contributed by atoms with Crippen molar-refractivity contribution in [2.24, 2.45) is 0 Å². The van der Waals surface area contributed by atoms with Gasteiger partial charge in [-0.2, -0.15) is 0 Å². The Balaban J connectivity index is 1.89. The zero-order chi connectivity index (χ0) is 14.5. The minimum Gasteiger partial charge on any atom is -0.324 e. The van der Waals surface area contributed by atoms with Crippen LogP contribution in [0.25, 0.3) is 0 Å². The van der Waals surface area contributed by atoms with Crippen LogP contribution in [0.2, 0.25) is 5.02 Å². The Bertz CT molecular complexity index is 477. The lowest BCUT2D eigenvalue weighted by atomic mass is 10.0. The van der Waals surface area contributed by atoms with Crippen molar-refractivity contribution in [3.63, 3.8) is 0 Å². The molecule has 0 radical (unpaired) electrons. The average Bonchev–Trinajstić information content (AvgIpc) is 2.43. The van der Waals surface area contributed by atoms with Crippen LogP contribution in [0.15, 0.2) is 18.2 Å². The maximum absolute atomic E-state index is 13.0. The Morgan fingerprint density at radius 3 is 2.75 bits per heavy atom. The number of nitrogens with one attached hydrogen (secondary N) is 1. The van der Waals surface area contributed by atoms with Crippen LogP contribution in [-0.2, 0) is 4.79 Å². The normalized spacial score (nSPS) is 17.8. The molecule has 1 amide bonds. The number of halogens is 2. The summed E-state index contributed by atoms with van der Waals surface area (Å²) < 4.78 is 13.0. The molecule has 0 heterocycles. The van der Waals surface area contributed by atoms with Gasteiger partial charge < -0.3 is 5.32 Å². The first-order chi connectivity index (χ1) is 9.56. The average molecular weight is 316 g/mol. The standard InChI is InChI=1S/C15H19ClFNOS/c1-10(20-12-5-3-2-4-6-12)15(19)18-14-8-7-11(17)9-13(14)16/h7-10,12H,2-6H2,1H3,(H,18,19)/t10-/m1/s1. The van der Waals surface area contributed by atoms with Gasteiger partial charge in [0.2, 0.25) is 5.91 Å². The Kier molecular flexibility index (Phi) is 5.73. The number of hydrogen-bond donors (Lipinski definition) is 1. The summed E-state index contributed by atoms with van der Waals surface area (Å²) >= 11 is 7.64. The molecule has 1 saturated carbocycles. The van der Waals surface area contributed by atoms with Gasteiger partial charge in [0, 0.05) is 5.25 Å². The van der Waals surface area contributed by atoms with Crippen LogP contribution in [0.4, 0.5) is 10.1 Å². The van der Waals surface area contributed by atoms with Crippen molar-refractivity contribution in [2.45, 2.75) is 49.5 Å². The molecule has 110 valence electrons. The molecule has 5 heteroatoms. The van der Waals surface area contributed by atoms with Gasteiger partial charge in [-0.1, -0.05) is 30.9 Å². The number of thioether (sulfide) groups is 1. The van der Waals surface area contributed by atoms with Gasteiger partial charge in [-0.25, -0.2) is 4.39 Å². The number of carbonyl (C=O) groups excluding carboxylic acids is 1. The van der Waals surface area contributed by atoms with Crippen LogP contribution in [0.3, 0.4) is 0 Å². The Morgan fingerprint density at radius 2 is 2.10 bits per heavy atom. The zero-order valence-corrected chi connectivity index (χ0v) is 13.1. The summed E-state index contributed by atoms with van der Waals surface area (Å²) in [6.07, 6.45) is 6.22. The van der Waals surface area contributed by atoms with Crippen molar-refractivity contribution in [1.29, 1.82) is 0 Å². The molecule has 0 saturated heterocycles. The number of benzene rings is 1. The van der Waals surface area contributed by atoms with E-state index in [0.717, 1.165) is 0 Å². The van der Waals surface area contributed by atoms with Gasteiger partial charge in [-0.15, -0.1) is 11.8 Å².